The lowest BCUT2D eigenvalue weighted by atomic mass is 9.99. The Hall–Kier alpha value is -2.63. The van der Waals surface area contributed by atoms with E-state index in [1.807, 2.05) is 17.0 Å². The molecule has 2 saturated heterocycles. The molecule has 2 aliphatic heterocycles. The van der Waals surface area contributed by atoms with Gasteiger partial charge < -0.3 is 14.7 Å². The fourth-order valence-corrected chi connectivity index (χ4v) is 4.24. The number of amides is 1. The molecule has 154 valence electrons. The Balaban J connectivity index is 1.36. The number of hydrogen-bond donors (Lipinski definition) is 0. The van der Waals surface area contributed by atoms with Crippen molar-refractivity contribution in [3.05, 3.63) is 47.2 Å². The predicted molar refractivity (Wildman–Crippen MR) is 117 cm³/mol. The van der Waals surface area contributed by atoms with Crippen LogP contribution in [0.15, 0.2) is 30.3 Å². The molecule has 0 aliphatic carbocycles. The number of hydrogen-bond acceptors (Lipinski definition) is 5. The van der Waals surface area contributed by atoms with Crippen LogP contribution >= 0.6 is 0 Å². The van der Waals surface area contributed by atoms with Crippen molar-refractivity contribution in [3.63, 3.8) is 0 Å². The highest BCUT2D eigenvalue weighted by Crippen LogP contribution is 2.24. The Kier molecular flexibility index (Phi) is 5.69. The van der Waals surface area contributed by atoms with Crippen LogP contribution in [0.1, 0.15) is 41.4 Å². The Bertz CT molecular complexity index is 850. The second kappa shape index (κ2) is 8.39. The molecule has 3 heterocycles. The molecule has 1 aromatic carbocycles. The van der Waals surface area contributed by atoms with E-state index >= 15 is 0 Å². The van der Waals surface area contributed by atoms with Gasteiger partial charge in [0.25, 0.3) is 5.91 Å². The molecule has 0 unspecified atom stereocenters. The number of carbonyl (C=O) groups is 1. The molecule has 2 aromatic rings. The Morgan fingerprint density at radius 1 is 0.897 bits per heavy atom. The summed E-state index contributed by atoms with van der Waals surface area (Å²) in [5.41, 5.74) is 4.34. The van der Waals surface area contributed by atoms with Crippen LogP contribution in [0.4, 0.5) is 11.5 Å². The van der Waals surface area contributed by atoms with Crippen molar-refractivity contribution in [1.29, 1.82) is 0 Å². The van der Waals surface area contributed by atoms with E-state index in [0.29, 0.717) is 18.8 Å². The average Bonchev–Trinajstić information content (AvgIpc) is 2.76. The Morgan fingerprint density at radius 3 is 2.28 bits per heavy atom. The highest BCUT2D eigenvalue weighted by Gasteiger charge is 2.25. The number of piperidine rings is 1. The standard InChI is InChI=1S/C23H31N5O/c1-17-9-11-27(12-10-17)22-8-7-20(24-25-22)23(29)28-15-13-26(14-16-28)21-6-4-5-18(2)19(21)3/h4-8,17H,9-16H2,1-3H3. The SMILES string of the molecule is Cc1cccc(N2CCN(C(=O)c3ccc(N4CCC(C)CC4)nn3)CC2)c1C. The van der Waals surface area contributed by atoms with Gasteiger partial charge >= 0.3 is 0 Å². The molecule has 4 rings (SSSR count). The molecule has 0 saturated carbocycles. The van der Waals surface area contributed by atoms with Gasteiger partial charge in [0.2, 0.25) is 0 Å². The quantitative estimate of drug-likeness (QED) is 0.801. The van der Waals surface area contributed by atoms with Gasteiger partial charge in [0, 0.05) is 45.0 Å². The van der Waals surface area contributed by atoms with Gasteiger partial charge in [0.15, 0.2) is 11.5 Å². The molecule has 1 amide bonds. The van der Waals surface area contributed by atoms with Crippen molar-refractivity contribution >= 4 is 17.4 Å². The molecular formula is C23H31N5O. The van der Waals surface area contributed by atoms with E-state index in [1.54, 1.807) is 0 Å². The first-order chi connectivity index (χ1) is 14.0. The van der Waals surface area contributed by atoms with Crippen molar-refractivity contribution in [3.8, 4) is 0 Å². The summed E-state index contributed by atoms with van der Waals surface area (Å²) < 4.78 is 0. The van der Waals surface area contributed by atoms with E-state index in [-0.39, 0.29) is 5.91 Å². The van der Waals surface area contributed by atoms with E-state index in [0.717, 1.165) is 37.9 Å². The normalized spacial score (nSPS) is 18.2. The molecule has 0 N–H and O–H groups in total. The first-order valence-electron chi connectivity index (χ1n) is 10.7. The third-order valence-electron chi connectivity index (χ3n) is 6.46. The summed E-state index contributed by atoms with van der Waals surface area (Å²) in [6.07, 6.45) is 2.38. The van der Waals surface area contributed by atoms with Crippen LogP contribution in [0.3, 0.4) is 0 Å². The van der Waals surface area contributed by atoms with Crippen LogP contribution in [-0.4, -0.2) is 60.3 Å². The number of aryl methyl sites for hydroxylation is 1. The molecule has 2 aliphatic rings. The summed E-state index contributed by atoms with van der Waals surface area (Å²) in [7, 11) is 0. The molecule has 29 heavy (non-hydrogen) atoms. The maximum Gasteiger partial charge on any atom is 0.274 e. The summed E-state index contributed by atoms with van der Waals surface area (Å²) in [5, 5.41) is 8.60. The van der Waals surface area contributed by atoms with Gasteiger partial charge in [0.1, 0.15) is 0 Å². The third-order valence-corrected chi connectivity index (χ3v) is 6.46. The maximum absolute atomic E-state index is 12.9. The van der Waals surface area contributed by atoms with Gasteiger partial charge in [-0.3, -0.25) is 4.79 Å². The van der Waals surface area contributed by atoms with Gasteiger partial charge in [-0.25, -0.2) is 0 Å². The maximum atomic E-state index is 12.9. The van der Waals surface area contributed by atoms with Crippen LogP contribution in [0, 0.1) is 19.8 Å². The monoisotopic (exact) mass is 393 g/mol. The van der Waals surface area contributed by atoms with Crippen molar-refractivity contribution in [2.75, 3.05) is 49.1 Å². The fraction of sp³-hybridized carbons (Fsp3) is 0.522. The summed E-state index contributed by atoms with van der Waals surface area (Å²) in [4.78, 5) is 19.4. The molecule has 1 aromatic heterocycles. The summed E-state index contributed by atoms with van der Waals surface area (Å²) >= 11 is 0. The topological polar surface area (TPSA) is 52.6 Å². The third kappa shape index (κ3) is 4.21. The van der Waals surface area contributed by atoms with Crippen LogP contribution in [0.2, 0.25) is 0 Å². The van der Waals surface area contributed by atoms with Gasteiger partial charge in [0.05, 0.1) is 0 Å². The highest BCUT2D eigenvalue weighted by atomic mass is 16.2. The average molecular weight is 394 g/mol. The molecular weight excluding hydrogens is 362 g/mol. The first kappa shape index (κ1) is 19.7. The van der Waals surface area contributed by atoms with Crippen molar-refractivity contribution in [2.24, 2.45) is 5.92 Å². The van der Waals surface area contributed by atoms with Gasteiger partial charge in [-0.15, -0.1) is 10.2 Å². The molecule has 0 atom stereocenters. The molecule has 2 fully saturated rings. The molecule has 0 radical (unpaired) electrons. The first-order valence-corrected chi connectivity index (χ1v) is 10.7. The van der Waals surface area contributed by atoms with E-state index < -0.39 is 0 Å². The number of aromatic nitrogens is 2. The minimum absolute atomic E-state index is 0.0167. The zero-order valence-corrected chi connectivity index (χ0v) is 17.8. The predicted octanol–water partition coefficient (Wildman–Crippen LogP) is 3.29. The van der Waals surface area contributed by atoms with E-state index in [4.69, 9.17) is 0 Å². The lowest BCUT2D eigenvalue weighted by Gasteiger charge is -2.37. The highest BCUT2D eigenvalue weighted by molar-refractivity contribution is 5.92. The van der Waals surface area contributed by atoms with E-state index in [2.05, 4.69) is 59.0 Å². The second-order valence-electron chi connectivity index (χ2n) is 8.44. The zero-order chi connectivity index (χ0) is 20.4. The van der Waals surface area contributed by atoms with E-state index in [9.17, 15) is 4.79 Å². The van der Waals surface area contributed by atoms with Gasteiger partial charge in [-0.05, 0) is 61.9 Å². The van der Waals surface area contributed by atoms with Crippen molar-refractivity contribution in [1.82, 2.24) is 15.1 Å². The zero-order valence-electron chi connectivity index (χ0n) is 17.8. The van der Waals surface area contributed by atoms with Crippen molar-refractivity contribution in [2.45, 2.75) is 33.6 Å². The fourth-order valence-electron chi connectivity index (χ4n) is 4.24. The Labute approximate surface area is 173 Å². The van der Waals surface area contributed by atoms with Gasteiger partial charge in [-0.2, -0.15) is 0 Å². The molecule has 6 heteroatoms. The molecule has 0 bridgehead atoms. The lowest BCUT2D eigenvalue weighted by molar-refractivity contribution is 0.0739. The number of piperazine rings is 1. The lowest BCUT2D eigenvalue weighted by Crippen LogP contribution is -2.49. The Morgan fingerprint density at radius 2 is 1.62 bits per heavy atom. The number of anilines is 2. The summed E-state index contributed by atoms with van der Waals surface area (Å²) in [6, 6.07) is 10.2. The summed E-state index contributed by atoms with van der Waals surface area (Å²) in [5.74, 6) is 1.65. The van der Waals surface area contributed by atoms with E-state index in [1.165, 1.54) is 29.7 Å². The minimum Gasteiger partial charge on any atom is -0.368 e. The van der Waals surface area contributed by atoms with Crippen molar-refractivity contribution < 1.29 is 4.79 Å². The van der Waals surface area contributed by atoms with Crippen LogP contribution in [0.5, 0.6) is 0 Å². The smallest absolute Gasteiger partial charge is 0.274 e. The number of benzene rings is 1. The van der Waals surface area contributed by atoms with Crippen LogP contribution in [0.25, 0.3) is 0 Å². The van der Waals surface area contributed by atoms with Crippen LogP contribution in [-0.2, 0) is 0 Å². The van der Waals surface area contributed by atoms with Crippen LogP contribution < -0.4 is 9.80 Å². The summed E-state index contributed by atoms with van der Waals surface area (Å²) in [6.45, 7) is 11.7. The van der Waals surface area contributed by atoms with Gasteiger partial charge in [-0.1, -0.05) is 19.1 Å². The number of carbonyl (C=O) groups excluding carboxylic acids is 1. The largest absolute Gasteiger partial charge is 0.368 e. The minimum atomic E-state index is -0.0167. The molecule has 0 spiro atoms. The number of rotatable bonds is 3. The second-order valence-corrected chi connectivity index (χ2v) is 8.44. The number of nitrogens with zero attached hydrogens (tertiary/aromatic N) is 5. The molecule has 6 nitrogen and oxygen atoms in total.